The first-order valence-corrected chi connectivity index (χ1v) is 19.2. The first kappa shape index (κ1) is 32.0. The quantitative estimate of drug-likeness (QED) is 0.171. The van der Waals surface area contributed by atoms with Crippen LogP contribution >= 0.6 is 0 Å². The monoisotopic (exact) mass is 713 g/mol. The molecule has 0 amide bonds. The highest BCUT2D eigenvalue weighted by Gasteiger charge is 2.22. The fraction of sp³-hybridized carbons (Fsp3) is 0. The summed E-state index contributed by atoms with van der Waals surface area (Å²) in [5, 5.41) is 9.60. The maximum Gasteiger partial charge on any atom is 0.160 e. The number of nitrogens with zero attached hydrogens (tertiary/aromatic N) is 1. The van der Waals surface area contributed by atoms with Crippen molar-refractivity contribution in [3.63, 3.8) is 0 Å². The molecule has 0 spiro atoms. The molecule has 0 saturated heterocycles. The Hall–Kier alpha value is -7.42. The van der Waals surface area contributed by atoms with Gasteiger partial charge in [0.15, 0.2) is 5.58 Å². The summed E-state index contributed by atoms with van der Waals surface area (Å²) < 4.78 is 6.78. The normalized spacial score (nSPS) is 11.6. The van der Waals surface area contributed by atoms with Crippen molar-refractivity contribution in [3.8, 4) is 33.4 Å². The molecule has 0 N–H and O–H groups in total. The van der Waals surface area contributed by atoms with E-state index in [4.69, 9.17) is 4.42 Å². The van der Waals surface area contributed by atoms with Gasteiger partial charge < -0.3 is 9.32 Å². The number of furan rings is 1. The molecule has 0 radical (unpaired) electrons. The van der Waals surface area contributed by atoms with E-state index in [1.54, 1.807) is 0 Å². The molecule has 0 atom stereocenters. The summed E-state index contributed by atoms with van der Waals surface area (Å²) in [6.07, 6.45) is 0. The van der Waals surface area contributed by atoms with E-state index in [1.807, 2.05) is 6.07 Å². The average Bonchev–Trinajstić information content (AvgIpc) is 3.67. The number of benzene rings is 10. The molecule has 0 saturated carbocycles. The highest BCUT2D eigenvalue weighted by molar-refractivity contribution is 6.23. The van der Waals surface area contributed by atoms with Crippen LogP contribution in [0.4, 0.5) is 17.1 Å². The van der Waals surface area contributed by atoms with Crippen LogP contribution in [0.2, 0.25) is 0 Å². The summed E-state index contributed by atoms with van der Waals surface area (Å²) >= 11 is 0. The van der Waals surface area contributed by atoms with E-state index in [2.05, 4.69) is 211 Å². The van der Waals surface area contributed by atoms with E-state index in [0.29, 0.717) is 0 Å². The summed E-state index contributed by atoms with van der Waals surface area (Å²) in [5.74, 6) is 0. The van der Waals surface area contributed by atoms with Crippen LogP contribution in [0.3, 0.4) is 0 Å². The minimum absolute atomic E-state index is 0.871. The number of para-hydroxylation sites is 1. The van der Waals surface area contributed by atoms with E-state index in [1.165, 1.54) is 65.7 Å². The van der Waals surface area contributed by atoms with Gasteiger partial charge in [0.25, 0.3) is 0 Å². The van der Waals surface area contributed by atoms with Crippen molar-refractivity contribution in [2.75, 3.05) is 4.90 Å². The zero-order valence-electron chi connectivity index (χ0n) is 30.6. The molecule has 0 unspecified atom stereocenters. The third-order valence-corrected chi connectivity index (χ3v) is 11.3. The van der Waals surface area contributed by atoms with Gasteiger partial charge in [-0.3, -0.25) is 0 Å². The predicted molar refractivity (Wildman–Crippen MR) is 237 cm³/mol. The van der Waals surface area contributed by atoms with Crippen molar-refractivity contribution in [1.82, 2.24) is 0 Å². The smallest absolute Gasteiger partial charge is 0.160 e. The zero-order valence-corrected chi connectivity index (χ0v) is 30.6. The Morgan fingerprint density at radius 2 is 0.821 bits per heavy atom. The van der Waals surface area contributed by atoms with Crippen molar-refractivity contribution in [2.24, 2.45) is 0 Å². The fourth-order valence-electron chi connectivity index (χ4n) is 8.63. The lowest BCUT2D eigenvalue weighted by atomic mass is 9.91. The molecule has 0 aliphatic carbocycles. The number of fused-ring (bicyclic) bond motifs is 7. The molecule has 0 bridgehead atoms. The van der Waals surface area contributed by atoms with E-state index in [9.17, 15) is 0 Å². The summed E-state index contributed by atoms with van der Waals surface area (Å²) in [5.41, 5.74) is 12.1. The average molecular weight is 714 g/mol. The fourth-order valence-corrected chi connectivity index (χ4v) is 8.63. The highest BCUT2D eigenvalue weighted by atomic mass is 16.3. The molecular weight excluding hydrogens is 679 g/mol. The second kappa shape index (κ2) is 13.2. The molecule has 11 rings (SSSR count). The largest absolute Gasteiger partial charge is 0.454 e. The van der Waals surface area contributed by atoms with Crippen molar-refractivity contribution in [1.29, 1.82) is 0 Å². The van der Waals surface area contributed by atoms with Gasteiger partial charge in [0.2, 0.25) is 0 Å². The standard InChI is InChI=1S/C54H35NO/c1-2-13-36(14-3-1)37-27-31-41(32-28-37)55(51-35-40-16-5-7-19-45(40)53-50-20-8-9-26-52(50)56-54(51)53)42-33-29-39(30-34-42)44-21-11-24-48-47(44)23-12-25-49(48)46-22-10-17-38-15-4-6-18-43(38)46/h1-35H. The van der Waals surface area contributed by atoms with Crippen LogP contribution in [0.5, 0.6) is 0 Å². The number of rotatable bonds is 6. The van der Waals surface area contributed by atoms with Crippen LogP contribution in [-0.4, -0.2) is 0 Å². The van der Waals surface area contributed by atoms with Gasteiger partial charge >= 0.3 is 0 Å². The van der Waals surface area contributed by atoms with Gasteiger partial charge in [-0.15, -0.1) is 0 Å². The Bertz CT molecular complexity index is 3230. The molecule has 0 fully saturated rings. The van der Waals surface area contributed by atoms with Crippen LogP contribution in [0.1, 0.15) is 0 Å². The summed E-state index contributed by atoms with van der Waals surface area (Å²) in [7, 11) is 0. The van der Waals surface area contributed by atoms with Crippen molar-refractivity contribution < 1.29 is 4.42 Å². The number of hydrogen-bond donors (Lipinski definition) is 0. The topological polar surface area (TPSA) is 16.4 Å². The molecule has 2 heteroatoms. The number of anilines is 3. The van der Waals surface area contributed by atoms with Crippen molar-refractivity contribution in [2.45, 2.75) is 0 Å². The third-order valence-electron chi connectivity index (χ3n) is 11.3. The molecule has 0 aliphatic rings. The molecule has 56 heavy (non-hydrogen) atoms. The highest BCUT2D eigenvalue weighted by Crippen LogP contribution is 2.46. The van der Waals surface area contributed by atoms with Crippen LogP contribution < -0.4 is 4.90 Å². The minimum atomic E-state index is 0.871. The van der Waals surface area contributed by atoms with Crippen molar-refractivity contribution >= 4 is 71.3 Å². The van der Waals surface area contributed by atoms with Gasteiger partial charge in [-0.05, 0) is 102 Å². The molecular formula is C54H35NO. The minimum Gasteiger partial charge on any atom is -0.454 e. The molecule has 2 nitrogen and oxygen atoms in total. The van der Waals surface area contributed by atoms with Gasteiger partial charge in [0.05, 0.1) is 5.69 Å². The summed E-state index contributed by atoms with van der Waals surface area (Å²) in [6.45, 7) is 0. The Morgan fingerprint density at radius 3 is 1.57 bits per heavy atom. The predicted octanol–water partition coefficient (Wildman–Crippen LogP) is 15.5. The Kier molecular flexibility index (Phi) is 7.53. The first-order valence-electron chi connectivity index (χ1n) is 19.2. The van der Waals surface area contributed by atoms with E-state index in [-0.39, 0.29) is 0 Å². The Balaban J connectivity index is 1.08. The summed E-state index contributed by atoms with van der Waals surface area (Å²) in [4.78, 5) is 2.34. The van der Waals surface area contributed by atoms with Crippen LogP contribution in [0.25, 0.3) is 87.6 Å². The molecule has 10 aromatic carbocycles. The van der Waals surface area contributed by atoms with Gasteiger partial charge in [-0.25, -0.2) is 0 Å². The van der Waals surface area contributed by atoms with Gasteiger partial charge in [-0.2, -0.15) is 0 Å². The van der Waals surface area contributed by atoms with E-state index < -0.39 is 0 Å². The SMILES string of the molecule is c1ccc(-c2ccc(N(c3ccc(-c4cccc5c(-c6cccc7ccccc67)cccc45)cc3)c3cc4ccccc4c4c3oc3ccccc34)cc2)cc1. The second-order valence-electron chi connectivity index (χ2n) is 14.4. The van der Waals surface area contributed by atoms with E-state index in [0.717, 1.165) is 39.0 Å². The summed E-state index contributed by atoms with van der Waals surface area (Å²) in [6, 6.07) is 76.3. The maximum absolute atomic E-state index is 6.78. The number of hydrogen-bond acceptors (Lipinski definition) is 2. The molecule has 0 aliphatic heterocycles. The van der Waals surface area contributed by atoms with Crippen molar-refractivity contribution in [3.05, 3.63) is 212 Å². The second-order valence-corrected chi connectivity index (χ2v) is 14.4. The van der Waals surface area contributed by atoms with Gasteiger partial charge in [-0.1, -0.05) is 176 Å². The van der Waals surface area contributed by atoms with E-state index >= 15 is 0 Å². The lowest BCUT2D eigenvalue weighted by Crippen LogP contribution is -2.10. The van der Waals surface area contributed by atoms with Gasteiger partial charge in [0, 0.05) is 22.1 Å². The lowest BCUT2D eigenvalue weighted by Gasteiger charge is -2.26. The van der Waals surface area contributed by atoms with Crippen LogP contribution in [-0.2, 0) is 0 Å². The molecule has 262 valence electrons. The van der Waals surface area contributed by atoms with Crippen LogP contribution in [0, 0.1) is 0 Å². The maximum atomic E-state index is 6.78. The molecule has 11 aromatic rings. The first-order chi connectivity index (χ1) is 27.8. The molecule has 1 aromatic heterocycles. The Labute approximate surface area is 325 Å². The van der Waals surface area contributed by atoms with Gasteiger partial charge in [0.1, 0.15) is 5.58 Å². The Morgan fingerprint density at radius 1 is 0.321 bits per heavy atom. The lowest BCUT2D eigenvalue weighted by molar-refractivity contribution is 0.669. The zero-order chi connectivity index (χ0) is 37.0. The molecule has 1 heterocycles. The van der Waals surface area contributed by atoms with Crippen LogP contribution in [0.15, 0.2) is 217 Å². The third kappa shape index (κ3) is 5.26.